The highest BCUT2D eigenvalue weighted by atomic mass is 15.1. The average molecular weight is 233 g/mol. The molecule has 3 heteroatoms. The van der Waals surface area contributed by atoms with Crippen molar-refractivity contribution in [2.75, 3.05) is 26.2 Å². The lowest BCUT2D eigenvalue weighted by Crippen LogP contribution is -2.35. The Morgan fingerprint density at radius 1 is 1.29 bits per heavy atom. The fraction of sp³-hybridized carbons (Fsp3) is 0.643. The Hall–Kier alpha value is -0.930. The highest BCUT2D eigenvalue weighted by molar-refractivity contribution is 5.20. The van der Waals surface area contributed by atoms with Gasteiger partial charge in [-0.05, 0) is 50.0 Å². The van der Waals surface area contributed by atoms with Crippen LogP contribution in [0.25, 0.3) is 0 Å². The Bertz CT molecular complexity index is 332. The van der Waals surface area contributed by atoms with Crippen LogP contribution in [0.5, 0.6) is 0 Å². The summed E-state index contributed by atoms with van der Waals surface area (Å²) in [6.45, 7) is 7.91. The van der Waals surface area contributed by atoms with Crippen molar-refractivity contribution in [2.45, 2.75) is 32.7 Å². The van der Waals surface area contributed by atoms with E-state index in [-0.39, 0.29) is 0 Å². The zero-order chi connectivity index (χ0) is 11.9. The molecule has 0 atom stereocenters. The fourth-order valence-electron chi connectivity index (χ4n) is 2.32. The van der Waals surface area contributed by atoms with Gasteiger partial charge in [-0.25, -0.2) is 0 Å². The number of nitrogens with zero attached hydrogens (tertiary/aromatic N) is 2. The minimum Gasteiger partial charge on any atom is -0.311 e. The van der Waals surface area contributed by atoms with Gasteiger partial charge in [0.15, 0.2) is 0 Å². The van der Waals surface area contributed by atoms with Crippen LogP contribution in [0.15, 0.2) is 18.5 Å². The van der Waals surface area contributed by atoms with E-state index in [4.69, 9.17) is 0 Å². The molecule has 1 aromatic rings. The molecular formula is C14H23N3. The van der Waals surface area contributed by atoms with E-state index in [1.165, 1.54) is 50.0 Å². The molecule has 0 saturated carbocycles. The Kier molecular flexibility index (Phi) is 4.95. The zero-order valence-corrected chi connectivity index (χ0v) is 10.8. The van der Waals surface area contributed by atoms with Crippen LogP contribution in [0, 0.1) is 6.92 Å². The first-order valence-corrected chi connectivity index (χ1v) is 6.69. The second-order valence-corrected chi connectivity index (χ2v) is 4.88. The fourth-order valence-corrected chi connectivity index (χ4v) is 2.32. The van der Waals surface area contributed by atoms with Gasteiger partial charge >= 0.3 is 0 Å². The molecule has 0 spiro atoms. The number of hydrogen-bond acceptors (Lipinski definition) is 3. The number of rotatable bonds is 5. The lowest BCUT2D eigenvalue weighted by atomic mass is 10.1. The molecule has 1 aromatic heterocycles. The largest absolute Gasteiger partial charge is 0.311 e. The van der Waals surface area contributed by atoms with Crippen LogP contribution in [0.4, 0.5) is 0 Å². The van der Waals surface area contributed by atoms with E-state index in [1.807, 2.05) is 12.4 Å². The van der Waals surface area contributed by atoms with E-state index in [9.17, 15) is 0 Å². The predicted molar refractivity (Wildman–Crippen MR) is 71.0 cm³/mol. The molecule has 1 aliphatic rings. The highest BCUT2D eigenvalue weighted by Gasteiger charge is 2.08. The summed E-state index contributed by atoms with van der Waals surface area (Å²) in [5.41, 5.74) is 2.64. The van der Waals surface area contributed by atoms with Crippen LogP contribution in [0.2, 0.25) is 0 Å². The summed E-state index contributed by atoms with van der Waals surface area (Å²) < 4.78 is 0. The normalized spacial score (nSPS) is 17.2. The Morgan fingerprint density at radius 3 is 2.88 bits per heavy atom. The van der Waals surface area contributed by atoms with Gasteiger partial charge in [0.25, 0.3) is 0 Å². The molecule has 0 amide bonds. The van der Waals surface area contributed by atoms with Gasteiger partial charge in [-0.3, -0.25) is 4.98 Å². The zero-order valence-electron chi connectivity index (χ0n) is 10.8. The summed E-state index contributed by atoms with van der Waals surface area (Å²) in [4.78, 5) is 6.73. The number of hydrogen-bond donors (Lipinski definition) is 1. The highest BCUT2D eigenvalue weighted by Crippen LogP contribution is 2.07. The quantitative estimate of drug-likeness (QED) is 0.788. The SMILES string of the molecule is Cc1ccncc1CNCCN1CCCCC1. The summed E-state index contributed by atoms with van der Waals surface area (Å²) in [6.07, 6.45) is 7.98. The summed E-state index contributed by atoms with van der Waals surface area (Å²) in [5, 5.41) is 3.51. The Balaban J connectivity index is 1.64. The van der Waals surface area contributed by atoms with Gasteiger partial charge in [-0.2, -0.15) is 0 Å². The first-order chi connectivity index (χ1) is 8.36. The van der Waals surface area contributed by atoms with Crippen molar-refractivity contribution in [3.63, 3.8) is 0 Å². The predicted octanol–water partition coefficient (Wildman–Crippen LogP) is 1.97. The van der Waals surface area contributed by atoms with Crippen molar-refractivity contribution in [2.24, 2.45) is 0 Å². The minimum absolute atomic E-state index is 0.938. The Labute approximate surface area is 104 Å². The molecule has 3 nitrogen and oxygen atoms in total. The van der Waals surface area contributed by atoms with E-state index in [0.717, 1.165) is 13.1 Å². The summed E-state index contributed by atoms with van der Waals surface area (Å²) in [6, 6.07) is 2.07. The summed E-state index contributed by atoms with van der Waals surface area (Å²) in [7, 11) is 0. The molecule has 2 heterocycles. The third-order valence-electron chi connectivity index (χ3n) is 3.52. The average Bonchev–Trinajstić information content (AvgIpc) is 2.38. The molecule has 2 rings (SSSR count). The van der Waals surface area contributed by atoms with Crippen LogP contribution < -0.4 is 5.32 Å². The van der Waals surface area contributed by atoms with Crippen molar-refractivity contribution in [1.82, 2.24) is 15.2 Å². The molecule has 0 radical (unpaired) electrons. The smallest absolute Gasteiger partial charge is 0.0315 e. The maximum Gasteiger partial charge on any atom is 0.0315 e. The molecule has 94 valence electrons. The Morgan fingerprint density at radius 2 is 2.12 bits per heavy atom. The van der Waals surface area contributed by atoms with Gasteiger partial charge < -0.3 is 10.2 Å². The minimum atomic E-state index is 0.938. The first-order valence-electron chi connectivity index (χ1n) is 6.69. The maximum atomic E-state index is 4.16. The van der Waals surface area contributed by atoms with Crippen LogP contribution in [0.1, 0.15) is 30.4 Å². The number of nitrogens with one attached hydrogen (secondary N) is 1. The van der Waals surface area contributed by atoms with Crippen LogP contribution in [-0.4, -0.2) is 36.1 Å². The topological polar surface area (TPSA) is 28.2 Å². The van der Waals surface area contributed by atoms with Gasteiger partial charge in [-0.1, -0.05) is 6.42 Å². The second-order valence-electron chi connectivity index (χ2n) is 4.88. The first kappa shape index (κ1) is 12.5. The molecule has 1 N–H and O–H groups in total. The van der Waals surface area contributed by atoms with Gasteiger partial charge in [0.05, 0.1) is 0 Å². The van der Waals surface area contributed by atoms with E-state index in [1.54, 1.807) is 0 Å². The molecule has 0 bridgehead atoms. The molecule has 0 unspecified atom stereocenters. The number of piperidine rings is 1. The number of likely N-dealkylation sites (tertiary alicyclic amines) is 1. The molecule has 1 saturated heterocycles. The third kappa shape index (κ3) is 4.10. The van der Waals surface area contributed by atoms with E-state index >= 15 is 0 Å². The molecule has 17 heavy (non-hydrogen) atoms. The molecule has 0 aromatic carbocycles. The van der Waals surface area contributed by atoms with Crippen molar-refractivity contribution in [1.29, 1.82) is 0 Å². The van der Waals surface area contributed by atoms with E-state index < -0.39 is 0 Å². The van der Waals surface area contributed by atoms with E-state index in [2.05, 4.69) is 28.2 Å². The van der Waals surface area contributed by atoms with Gasteiger partial charge in [0.1, 0.15) is 0 Å². The van der Waals surface area contributed by atoms with Gasteiger partial charge in [0.2, 0.25) is 0 Å². The number of aryl methyl sites for hydroxylation is 1. The van der Waals surface area contributed by atoms with Crippen LogP contribution in [0.3, 0.4) is 0 Å². The molecular weight excluding hydrogens is 210 g/mol. The standard InChI is InChI=1S/C14H23N3/c1-13-5-6-15-11-14(13)12-16-7-10-17-8-3-2-4-9-17/h5-6,11,16H,2-4,7-10,12H2,1H3. The lowest BCUT2D eigenvalue weighted by Gasteiger charge is -2.26. The second kappa shape index (κ2) is 6.72. The maximum absolute atomic E-state index is 4.16. The number of aromatic nitrogens is 1. The van der Waals surface area contributed by atoms with Gasteiger partial charge in [-0.15, -0.1) is 0 Å². The molecule has 0 aliphatic carbocycles. The van der Waals surface area contributed by atoms with Crippen LogP contribution in [-0.2, 0) is 6.54 Å². The van der Waals surface area contributed by atoms with Crippen molar-refractivity contribution >= 4 is 0 Å². The monoisotopic (exact) mass is 233 g/mol. The van der Waals surface area contributed by atoms with Crippen LogP contribution >= 0.6 is 0 Å². The van der Waals surface area contributed by atoms with Gasteiger partial charge in [0, 0.05) is 32.0 Å². The molecule has 1 aliphatic heterocycles. The summed E-state index contributed by atoms with van der Waals surface area (Å²) >= 11 is 0. The van der Waals surface area contributed by atoms with E-state index in [0.29, 0.717) is 0 Å². The van der Waals surface area contributed by atoms with Crippen molar-refractivity contribution in [3.05, 3.63) is 29.6 Å². The number of pyridine rings is 1. The molecule has 1 fully saturated rings. The summed E-state index contributed by atoms with van der Waals surface area (Å²) in [5.74, 6) is 0. The lowest BCUT2D eigenvalue weighted by molar-refractivity contribution is 0.229. The third-order valence-corrected chi connectivity index (χ3v) is 3.52. The van der Waals surface area contributed by atoms with Crippen molar-refractivity contribution in [3.8, 4) is 0 Å². The van der Waals surface area contributed by atoms with Crippen molar-refractivity contribution < 1.29 is 0 Å².